The summed E-state index contributed by atoms with van der Waals surface area (Å²) in [5.74, 6) is -1.53. The van der Waals surface area contributed by atoms with Gasteiger partial charge in [0, 0.05) is 24.1 Å². The fraction of sp³-hybridized carbons (Fsp3) is 0.105. The van der Waals surface area contributed by atoms with Gasteiger partial charge >= 0.3 is 0 Å². The predicted octanol–water partition coefficient (Wildman–Crippen LogP) is 2.74. The Hall–Kier alpha value is -3.39. The van der Waals surface area contributed by atoms with Crippen LogP contribution in [0.5, 0.6) is 0 Å². The van der Waals surface area contributed by atoms with Crippen molar-refractivity contribution in [1.82, 2.24) is 15.0 Å². The lowest BCUT2D eigenvalue weighted by atomic mass is 10.1. The molecule has 6 nitrogen and oxygen atoms in total. The maximum atomic E-state index is 14.3. The maximum absolute atomic E-state index is 14.3. The van der Waals surface area contributed by atoms with Crippen LogP contribution in [0.25, 0.3) is 22.7 Å². The molecule has 138 valence electrons. The number of amides is 1. The molecule has 1 heterocycles. The summed E-state index contributed by atoms with van der Waals surface area (Å²) in [4.78, 5) is 28.5. The molecule has 0 aliphatic heterocycles. The van der Waals surface area contributed by atoms with Crippen molar-refractivity contribution in [2.45, 2.75) is 13.3 Å². The molecule has 3 aromatic rings. The monoisotopic (exact) mass is 371 g/mol. The molecule has 1 aromatic heterocycles. The van der Waals surface area contributed by atoms with Crippen LogP contribution in [0.1, 0.15) is 18.3 Å². The first-order valence-electron chi connectivity index (χ1n) is 8.08. The third-order valence-corrected chi connectivity index (χ3v) is 3.98. The van der Waals surface area contributed by atoms with E-state index in [2.05, 4.69) is 4.98 Å². The summed E-state index contributed by atoms with van der Waals surface area (Å²) in [7, 11) is 0. The van der Waals surface area contributed by atoms with Gasteiger partial charge in [-0.25, -0.2) is 19.2 Å². The molecule has 0 spiro atoms. The molecule has 8 heteroatoms. The number of rotatable bonds is 4. The van der Waals surface area contributed by atoms with E-state index in [1.807, 2.05) is 0 Å². The SMILES string of the molecule is CCc1nc2cc(F)c(/C=C/C(=O)NO)cc2c(=O)n1-c1ccc(F)cc1. The van der Waals surface area contributed by atoms with Crippen LogP contribution in [0.4, 0.5) is 8.78 Å². The summed E-state index contributed by atoms with van der Waals surface area (Å²) in [5.41, 5.74) is 1.56. The lowest BCUT2D eigenvalue weighted by Crippen LogP contribution is -2.24. The highest BCUT2D eigenvalue weighted by Crippen LogP contribution is 2.19. The number of aryl methyl sites for hydroxylation is 1. The molecule has 0 radical (unpaired) electrons. The van der Waals surface area contributed by atoms with Gasteiger partial charge in [0.1, 0.15) is 17.5 Å². The molecule has 0 aliphatic rings. The normalized spacial score (nSPS) is 11.3. The number of hydrogen-bond acceptors (Lipinski definition) is 4. The van der Waals surface area contributed by atoms with Gasteiger partial charge in [0.2, 0.25) is 0 Å². The van der Waals surface area contributed by atoms with Crippen molar-refractivity contribution in [2.24, 2.45) is 0 Å². The van der Waals surface area contributed by atoms with Crippen LogP contribution < -0.4 is 11.0 Å². The Labute approximate surface area is 152 Å². The molecule has 1 amide bonds. The predicted molar refractivity (Wildman–Crippen MR) is 95.6 cm³/mol. The van der Waals surface area contributed by atoms with Crippen molar-refractivity contribution >= 4 is 22.9 Å². The molecule has 0 saturated carbocycles. The summed E-state index contributed by atoms with van der Waals surface area (Å²) in [6, 6.07) is 7.77. The highest BCUT2D eigenvalue weighted by molar-refractivity contribution is 5.91. The molecule has 27 heavy (non-hydrogen) atoms. The van der Waals surface area contributed by atoms with E-state index in [9.17, 15) is 18.4 Å². The molecular weight excluding hydrogens is 356 g/mol. The minimum Gasteiger partial charge on any atom is -0.288 e. The molecule has 3 rings (SSSR count). The number of benzene rings is 2. The fourth-order valence-corrected chi connectivity index (χ4v) is 2.69. The Balaban J connectivity index is 2.25. The van der Waals surface area contributed by atoms with E-state index in [1.54, 1.807) is 6.92 Å². The number of carbonyl (C=O) groups is 1. The van der Waals surface area contributed by atoms with Gasteiger partial charge in [0.15, 0.2) is 0 Å². The van der Waals surface area contributed by atoms with Crippen LogP contribution in [0, 0.1) is 11.6 Å². The van der Waals surface area contributed by atoms with Gasteiger partial charge in [-0.1, -0.05) is 6.92 Å². The van der Waals surface area contributed by atoms with E-state index in [1.165, 1.54) is 40.4 Å². The minimum atomic E-state index is -0.835. The molecule has 0 unspecified atom stereocenters. The Bertz CT molecular complexity index is 1110. The summed E-state index contributed by atoms with van der Waals surface area (Å²) in [6.45, 7) is 1.80. The zero-order valence-electron chi connectivity index (χ0n) is 14.2. The summed E-state index contributed by atoms with van der Waals surface area (Å²) >= 11 is 0. The lowest BCUT2D eigenvalue weighted by Gasteiger charge is -2.13. The summed E-state index contributed by atoms with van der Waals surface area (Å²) < 4.78 is 28.8. The molecule has 0 bridgehead atoms. The second-order valence-corrected chi connectivity index (χ2v) is 5.70. The quantitative estimate of drug-likeness (QED) is 0.420. The molecule has 0 atom stereocenters. The van der Waals surface area contributed by atoms with Crippen LogP contribution in [0.2, 0.25) is 0 Å². The van der Waals surface area contributed by atoms with E-state index in [0.29, 0.717) is 17.9 Å². The first kappa shape index (κ1) is 18.4. The Morgan fingerprint density at radius 3 is 2.59 bits per heavy atom. The van der Waals surface area contributed by atoms with E-state index >= 15 is 0 Å². The first-order chi connectivity index (χ1) is 12.9. The van der Waals surface area contributed by atoms with Crippen molar-refractivity contribution in [3.8, 4) is 5.69 Å². The van der Waals surface area contributed by atoms with E-state index in [-0.39, 0.29) is 16.5 Å². The average Bonchev–Trinajstić information content (AvgIpc) is 2.67. The summed E-state index contributed by atoms with van der Waals surface area (Å²) in [6.07, 6.45) is 2.47. The standard InChI is InChI=1S/C19H15F2N3O3/c1-2-17-22-16-10-15(21)11(3-8-18(25)23-27)9-14(16)19(26)24(17)13-6-4-12(20)5-7-13/h3-10,27H,2H2,1H3,(H,23,25)/b8-3+. The second-order valence-electron chi connectivity index (χ2n) is 5.70. The zero-order valence-corrected chi connectivity index (χ0v) is 14.2. The summed E-state index contributed by atoms with van der Waals surface area (Å²) in [5, 5.41) is 8.64. The smallest absolute Gasteiger partial charge is 0.267 e. The Morgan fingerprint density at radius 2 is 1.96 bits per heavy atom. The Morgan fingerprint density at radius 1 is 1.26 bits per heavy atom. The minimum absolute atomic E-state index is 0.0140. The second kappa shape index (κ2) is 7.46. The van der Waals surface area contributed by atoms with Crippen LogP contribution in [-0.2, 0) is 11.2 Å². The number of hydroxylamine groups is 1. The van der Waals surface area contributed by atoms with Crippen LogP contribution in [0.15, 0.2) is 47.3 Å². The van der Waals surface area contributed by atoms with Crippen molar-refractivity contribution in [3.63, 3.8) is 0 Å². The topological polar surface area (TPSA) is 84.2 Å². The molecule has 2 N–H and O–H groups in total. The van der Waals surface area contributed by atoms with Gasteiger partial charge in [-0.05, 0) is 36.4 Å². The van der Waals surface area contributed by atoms with Crippen molar-refractivity contribution in [3.05, 3.63) is 75.9 Å². The van der Waals surface area contributed by atoms with E-state index in [0.717, 1.165) is 18.2 Å². The highest BCUT2D eigenvalue weighted by atomic mass is 19.1. The van der Waals surface area contributed by atoms with Crippen LogP contribution >= 0.6 is 0 Å². The van der Waals surface area contributed by atoms with Gasteiger partial charge < -0.3 is 0 Å². The van der Waals surface area contributed by atoms with Crippen LogP contribution in [0.3, 0.4) is 0 Å². The van der Waals surface area contributed by atoms with E-state index in [4.69, 9.17) is 5.21 Å². The van der Waals surface area contributed by atoms with Gasteiger partial charge in [-0.2, -0.15) is 0 Å². The number of carbonyl (C=O) groups excluding carboxylic acids is 1. The number of nitrogens with one attached hydrogen (secondary N) is 1. The number of aromatic nitrogens is 2. The van der Waals surface area contributed by atoms with E-state index < -0.39 is 23.1 Å². The molecule has 2 aromatic carbocycles. The van der Waals surface area contributed by atoms with Gasteiger partial charge in [-0.3, -0.25) is 19.4 Å². The van der Waals surface area contributed by atoms with Gasteiger partial charge in [0.05, 0.1) is 16.6 Å². The van der Waals surface area contributed by atoms with Crippen molar-refractivity contribution in [2.75, 3.05) is 0 Å². The number of fused-ring (bicyclic) bond motifs is 1. The molecule has 0 aliphatic carbocycles. The zero-order chi connectivity index (χ0) is 19.6. The molecular formula is C19H15F2N3O3. The Kier molecular flexibility index (Phi) is 5.09. The number of nitrogens with zero attached hydrogens (tertiary/aromatic N) is 2. The molecule has 0 saturated heterocycles. The number of halogens is 2. The average molecular weight is 371 g/mol. The lowest BCUT2D eigenvalue weighted by molar-refractivity contribution is -0.124. The number of hydrogen-bond donors (Lipinski definition) is 2. The van der Waals surface area contributed by atoms with Crippen LogP contribution in [-0.4, -0.2) is 20.7 Å². The third kappa shape index (κ3) is 3.61. The van der Waals surface area contributed by atoms with Gasteiger partial charge in [-0.15, -0.1) is 0 Å². The molecule has 0 fully saturated rings. The maximum Gasteiger partial charge on any atom is 0.267 e. The first-order valence-corrected chi connectivity index (χ1v) is 8.08. The van der Waals surface area contributed by atoms with Crippen molar-refractivity contribution in [1.29, 1.82) is 0 Å². The third-order valence-electron chi connectivity index (χ3n) is 3.98. The largest absolute Gasteiger partial charge is 0.288 e. The van der Waals surface area contributed by atoms with Crippen molar-refractivity contribution < 1.29 is 18.8 Å². The fourth-order valence-electron chi connectivity index (χ4n) is 2.69. The highest BCUT2D eigenvalue weighted by Gasteiger charge is 2.14. The van der Waals surface area contributed by atoms with Gasteiger partial charge in [0.25, 0.3) is 11.5 Å².